The number of carbonyl (C=O) groups is 1. The van der Waals surface area contributed by atoms with Crippen molar-refractivity contribution in [2.75, 3.05) is 0 Å². The van der Waals surface area contributed by atoms with Gasteiger partial charge in [0.05, 0.1) is 0 Å². The minimum absolute atomic E-state index is 0.338. The van der Waals surface area contributed by atoms with Crippen LogP contribution in [0.5, 0.6) is 0 Å². The Morgan fingerprint density at radius 3 is 2.73 bits per heavy atom. The van der Waals surface area contributed by atoms with Gasteiger partial charge in [0.25, 0.3) is 0 Å². The summed E-state index contributed by atoms with van der Waals surface area (Å²) in [7, 11) is 0. The summed E-state index contributed by atoms with van der Waals surface area (Å²) >= 11 is 0. The lowest BCUT2D eigenvalue weighted by molar-refractivity contribution is 0.106. The second-order valence-electron chi connectivity index (χ2n) is 1.84. The van der Waals surface area contributed by atoms with Gasteiger partial charge in [-0.2, -0.15) is 0 Å². The van der Waals surface area contributed by atoms with Crippen LogP contribution in [0.3, 0.4) is 0 Å². The molecule has 0 radical (unpaired) electrons. The zero-order valence-corrected chi connectivity index (χ0v) is 5.64. The van der Waals surface area contributed by atoms with Gasteiger partial charge < -0.3 is 5.21 Å². The third kappa shape index (κ3) is 1.86. The van der Waals surface area contributed by atoms with E-state index < -0.39 is 0 Å². The van der Waals surface area contributed by atoms with Gasteiger partial charge in [-0.1, -0.05) is 5.16 Å². The molecule has 1 rings (SSSR count). The van der Waals surface area contributed by atoms with E-state index in [2.05, 4.69) is 10.1 Å². The maximum Gasteiger partial charge on any atom is 0.207 e. The van der Waals surface area contributed by atoms with Crippen LogP contribution in [-0.4, -0.2) is 22.2 Å². The monoisotopic (exact) mass is 150 g/mol. The Balaban J connectivity index is 2.86. The number of aromatic nitrogens is 1. The molecule has 0 fully saturated rings. The Hall–Kier alpha value is -1.71. The van der Waals surface area contributed by atoms with Crippen LogP contribution in [0, 0.1) is 0 Å². The summed E-state index contributed by atoms with van der Waals surface area (Å²) in [5.74, 6) is -0.338. The predicted octanol–water partition coefficient (Wildman–Crippen LogP) is 0.724. The number of Topliss-reactive ketones (excluding diaryl/α,β-unsaturated/α-hetero) is 1. The first kappa shape index (κ1) is 7.40. The highest BCUT2D eigenvalue weighted by molar-refractivity contribution is 6.35. The maximum atomic E-state index is 10.9. The molecule has 0 bridgehead atoms. The Labute approximate surface area is 63.2 Å². The third-order valence-corrected chi connectivity index (χ3v) is 1.14. The molecule has 1 aromatic rings. The minimum atomic E-state index is -0.338. The standard InChI is InChI=1S/C7H6N2O2/c10-7(5-9-11)6-1-3-8-4-2-6/h1-5,11H. The Morgan fingerprint density at radius 2 is 2.18 bits per heavy atom. The lowest BCUT2D eigenvalue weighted by atomic mass is 10.2. The lowest BCUT2D eigenvalue weighted by Crippen LogP contribution is -1.99. The average Bonchev–Trinajstić information content (AvgIpc) is 2.07. The largest absolute Gasteiger partial charge is 0.411 e. The highest BCUT2D eigenvalue weighted by atomic mass is 16.4. The van der Waals surface area contributed by atoms with Crippen molar-refractivity contribution in [2.24, 2.45) is 5.16 Å². The smallest absolute Gasteiger partial charge is 0.207 e. The van der Waals surface area contributed by atoms with Crippen LogP contribution in [0.2, 0.25) is 0 Å². The SMILES string of the molecule is O=C(C=NO)c1ccncc1. The number of hydrogen-bond acceptors (Lipinski definition) is 4. The van der Waals surface area contributed by atoms with Gasteiger partial charge in [-0.3, -0.25) is 9.78 Å². The first-order chi connectivity index (χ1) is 5.34. The van der Waals surface area contributed by atoms with Crippen LogP contribution in [0.1, 0.15) is 10.4 Å². The molecule has 1 N–H and O–H groups in total. The summed E-state index contributed by atoms with van der Waals surface area (Å²) in [6.45, 7) is 0. The van der Waals surface area contributed by atoms with Crippen LogP contribution in [0.4, 0.5) is 0 Å². The van der Waals surface area contributed by atoms with Crippen LogP contribution in [0.25, 0.3) is 0 Å². The van der Waals surface area contributed by atoms with E-state index in [0.29, 0.717) is 5.56 Å². The molecule has 56 valence electrons. The molecule has 0 aliphatic heterocycles. The van der Waals surface area contributed by atoms with Gasteiger partial charge in [-0.15, -0.1) is 0 Å². The van der Waals surface area contributed by atoms with E-state index in [9.17, 15) is 4.79 Å². The van der Waals surface area contributed by atoms with Gasteiger partial charge in [0.2, 0.25) is 5.78 Å². The molecule has 0 aliphatic carbocycles. The Bertz CT molecular complexity index is 269. The number of ketones is 1. The van der Waals surface area contributed by atoms with Gasteiger partial charge in [0.1, 0.15) is 6.21 Å². The average molecular weight is 150 g/mol. The second kappa shape index (κ2) is 3.46. The van der Waals surface area contributed by atoms with E-state index in [1.807, 2.05) is 0 Å². The van der Waals surface area contributed by atoms with Crippen LogP contribution in [0.15, 0.2) is 29.7 Å². The van der Waals surface area contributed by atoms with Crippen molar-refractivity contribution in [3.8, 4) is 0 Å². The molecule has 4 heteroatoms. The van der Waals surface area contributed by atoms with Gasteiger partial charge >= 0.3 is 0 Å². The number of nitrogens with zero attached hydrogens (tertiary/aromatic N) is 2. The predicted molar refractivity (Wildman–Crippen MR) is 38.8 cm³/mol. The van der Waals surface area contributed by atoms with Crippen molar-refractivity contribution in [2.45, 2.75) is 0 Å². The second-order valence-corrected chi connectivity index (χ2v) is 1.84. The van der Waals surface area contributed by atoms with E-state index in [1.165, 1.54) is 12.4 Å². The highest BCUT2D eigenvalue weighted by Gasteiger charge is 1.99. The Morgan fingerprint density at radius 1 is 1.55 bits per heavy atom. The van der Waals surface area contributed by atoms with E-state index in [1.54, 1.807) is 12.1 Å². The van der Waals surface area contributed by atoms with Gasteiger partial charge in [0.15, 0.2) is 0 Å². The van der Waals surface area contributed by atoms with Crippen molar-refractivity contribution in [3.63, 3.8) is 0 Å². The van der Waals surface area contributed by atoms with Gasteiger partial charge in [-0.25, -0.2) is 0 Å². The molecular formula is C7H6N2O2. The first-order valence-corrected chi connectivity index (χ1v) is 2.96. The summed E-state index contributed by atoms with van der Waals surface area (Å²) in [6, 6.07) is 3.09. The van der Waals surface area contributed by atoms with Crippen molar-refractivity contribution in [3.05, 3.63) is 30.1 Å². The molecule has 0 aliphatic rings. The summed E-state index contributed by atoms with van der Waals surface area (Å²) < 4.78 is 0. The fourth-order valence-corrected chi connectivity index (χ4v) is 0.643. The normalized spacial score (nSPS) is 10.2. The van der Waals surface area contributed by atoms with Crippen molar-refractivity contribution in [1.82, 2.24) is 4.98 Å². The zero-order chi connectivity index (χ0) is 8.10. The van der Waals surface area contributed by atoms with Gasteiger partial charge in [-0.05, 0) is 12.1 Å². The van der Waals surface area contributed by atoms with E-state index >= 15 is 0 Å². The van der Waals surface area contributed by atoms with Crippen LogP contribution >= 0.6 is 0 Å². The van der Waals surface area contributed by atoms with Crippen molar-refractivity contribution >= 4 is 12.0 Å². The molecule has 0 spiro atoms. The van der Waals surface area contributed by atoms with E-state index in [0.717, 1.165) is 6.21 Å². The third-order valence-electron chi connectivity index (χ3n) is 1.14. The molecular weight excluding hydrogens is 144 g/mol. The number of carbonyl (C=O) groups excluding carboxylic acids is 1. The maximum absolute atomic E-state index is 10.9. The summed E-state index contributed by atoms with van der Waals surface area (Å²) in [5.41, 5.74) is 0.456. The number of pyridine rings is 1. The molecule has 0 atom stereocenters. The zero-order valence-electron chi connectivity index (χ0n) is 5.64. The lowest BCUT2D eigenvalue weighted by Gasteiger charge is -1.90. The molecule has 4 nitrogen and oxygen atoms in total. The van der Waals surface area contributed by atoms with E-state index in [4.69, 9.17) is 5.21 Å². The molecule has 0 saturated carbocycles. The molecule has 1 aromatic heterocycles. The highest BCUT2D eigenvalue weighted by Crippen LogP contribution is 1.95. The molecule has 0 unspecified atom stereocenters. The summed E-state index contributed by atoms with van der Waals surface area (Å²) in [6.07, 6.45) is 3.84. The quantitative estimate of drug-likeness (QED) is 0.292. The number of oxime groups is 1. The topological polar surface area (TPSA) is 62.5 Å². The number of hydrogen-bond donors (Lipinski definition) is 1. The minimum Gasteiger partial charge on any atom is -0.411 e. The molecule has 1 heterocycles. The number of rotatable bonds is 2. The van der Waals surface area contributed by atoms with Crippen LogP contribution in [-0.2, 0) is 0 Å². The van der Waals surface area contributed by atoms with Crippen LogP contribution < -0.4 is 0 Å². The molecule has 0 aromatic carbocycles. The van der Waals surface area contributed by atoms with Crippen molar-refractivity contribution in [1.29, 1.82) is 0 Å². The van der Waals surface area contributed by atoms with E-state index in [-0.39, 0.29) is 5.78 Å². The van der Waals surface area contributed by atoms with Crippen molar-refractivity contribution < 1.29 is 10.0 Å². The molecule has 0 saturated heterocycles. The molecule has 0 amide bonds. The fraction of sp³-hybridized carbons (Fsp3) is 0. The van der Waals surface area contributed by atoms with Gasteiger partial charge in [0, 0.05) is 18.0 Å². The fourth-order valence-electron chi connectivity index (χ4n) is 0.643. The first-order valence-electron chi connectivity index (χ1n) is 2.96. The molecule has 11 heavy (non-hydrogen) atoms. The summed E-state index contributed by atoms with van der Waals surface area (Å²) in [5, 5.41) is 10.6. The Kier molecular flexibility index (Phi) is 2.32. The summed E-state index contributed by atoms with van der Waals surface area (Å²) in [4.78, 5) is 14.6.